The molecule has 0 nitrogen and oxygen atoms in total. The summed E-state index contributed by atoms with van der Waals surface area (Å²) in [6, 6.07) is 0. The summed E-state index contributed by atoms with van der Waals surface area (Å²) in [5.74, 6) is 1.70. The minimum absolute atomic E-state index is 0.341. The summed E-state index contributed by atoms with van der Waals surface area (Å²) in [7, 11) is 0. The summed E-state index contributed by atoms with van der Waals surface area (Å²) in [5, 5.41) is 0. The number of hydrogen-bond acceptors (Lipinski definition) is 0. The zero-order valence-corrected chi connectivity index (χ0v) is 13.8. The molecule has 1 saturated carbocycles. The largest absolute Gasteiger partial charge is 0.0844 e. The molecule has 0 heterocycles. The SMILES string of the molecule is CCC1=CC[C@H]2[C@@H]3CCC4=CC=CC[C@]4(C)C3=CC[C@]12C. The molecule has 0 N–H and O–H groups in total. The Morgan fingerprint density at radius 3 is 2.86 bits per heavy atom. The van der Waals surface area contributed by atoms with Gasteiger partial charge in [0.25, 0.3) is 0 Å². The van der Waals surface area contributed by atoms with Gasteiger partial charge in [-0.1, -0.05) is 67.9 Å². The average molecular weight is 280 g/mol. The van der Waals surface area contributed by atoms with Crippen molar-refractivity contribution in [3.63, 3.8) is 0 Å². The third kappa shape index (κ3) is 1.68. The van der Waals surface area contributed by atoms with E-state index in [0.29, 0.717) is 10.8 Å². The molecule has 0 radical (unpaired) electrons. The van der Waals surface area contributed by atoms with Crippen LogP contribution in [0.3, 0.4) is 0 Å². The smallest absolute Gasteiger partial charge is 0.0133 e. The molecule has 4 atom stereocenters. The van der Waals surface area contributed by atoms with Gasteiger partial charge in [0.15, 0.2) is 0 Å². The van der Waals surface area contributed by atoms with Gasteiger partial charge in [-0.15, -0.1) is 0 Å². The topological polar surface area (TPSA) is 0 Å². The normalized spacial score (nSPS) is 44.2. The van der Waals surface area contributed by atoms with Gasteiger partial charge in [-0.25, -0.2) is 0 Å². The number of hydrogen-bond donors (Lipinski definition) is 0. The molecule has 0 saturated heterocycles. The molecule has 0 spiro atoms. The van der Waals surface area contributed by atoms with Crippen molar-refractivity contribution < 1.29 is 0 Å². The number of allylic oxidation sites excluding steroid dienone is 8. The van der Waals surface area contributed by atoms with Crippen LogP contribution in [-0.4, -0.2) is 0 Å². The quantitative estimate of drug-likeness (QED) is 0.518. The second kappa shape index (κ2) is 4.48. The maximum absolute atomic E-state index is 2.65. The maximum Gasteiger partial charge on any atom is 0.0133 e. The third-order valence-corrected chi connectivity index (χ3v) is 7.21. The van der Waals surface area contributed by atoms with Gasteiger partial charge < -0.3 is 0 Å². The van der Waals surface area contributed by atoms with E-state index in [1.165, 1.54) is 38.5 Å². The van der Waals surface area contributed by atoms with Crippen LogP contribution in [0.2, 0.25) is 0 Å². The van der Waals surface area contributed by atoms with Crippen molar-refractivity contribution in [2.75, 3.05) is 0 Å². The van der Waals surface area contributed by atoms with Crippen LogP contribution in [0.4, 0.5) is 0 Å². The van der Waals surface area contributed by atoms with E-state index in [4.69, 9.17) is 0 Å². The Morgan fingerprint density at radius 1 is 1.19 bits per heavy atom. The zero-order valence-electron chi connectivity index (χ0n) is 13.8. The minimum Gasteiger partial charge on any atom is -0.0844 e. The molecule has 0 aromatic heterocycles. The minimum atomic E-state index is 0.341. The van der Waals surface area contributed by atoms with Crippen LogP contribution in [0.15, 0.2) is 47.1 Å². The first-order valence-corrected chi connectivity index (χ1v) is 8.86. The summed E-state index contributed by atoms with van der Waals surface area (Å²) in [6.45, 7) is 7.39. The molecule has 0 unspecified atom stereocenters. The fourth-order valence-electron chi connectivity index (χ4n) is 5.90. The average Bonchev–Trinajstić information content (AvgIpc) is 2.83. The van der Waals surface area contributed by atoms with Crippen LogP contribution in [0.5, 0.6) is 0 Å². The molecule has 0 aromatic carbocycles. The van der Waals surface area contributed by atoms with Gasteiger partial charge in [-0.05, 0) is 55.8 Å². The lowest BCUT2D eigenvalue weighted by molar-refractivity contribution is 0.139. The van der Waals surface area contributed by atoms with Crippen molar-refractivity contribution in [2.45, 2.75) is 59.3 Å². The first-order chi connectivity index (χ1) is 10.1. The first-order valence-electron chi connectivity index (χ1n) is 8.86. The van der Waals surface area contributed by atoms with Crippen LogP contribution >= 0.6 is 0 Å². The van der Waals surface area contributed by atoms with E-state index in [2.05, 4.69) is 51.2 Å². The highest BCUT2D eigenvalue weighted by Gasteiger charge is 2.52. The Hall–Kier alpha value is -1.04. The summed E-state index contributed by atoms with van der Waals surface area (Å²) in [5.41, 5.74) is 6.02. The van der Waals surface area contributed by atoms with E-state index in [9.17, 15) is 0 Å². The van der Waals surface area contributed by atoms with Gasteiger partial charge in [0.05, 0.1) is 0 Å². The molecule has 0 aliphatic heterocycles. The molecule has 4 aliphatic rings. The number of fused-ring (bicyclic) bond motifs is 5. The molecule has 0 aromatic rings. The lowest BCUT2D eigenvalue weighted by Gasteiger charge is -2.52. The molecule has 4 rings (SSSR count). The molecular weight excluding hydrogens is 252 g/mol. The van der Waals surface area contributed by atoms with Crippen LogP contribution in [0.1, 0.15) is 59.3 Å². The predicted octanol–water partition coefficient (Wildman–Crippen LogP) is 5.98. The molecule has 112 valence electrons. The van der Waals surface area contributed by atoms with Gasteiger partial charge in [0.1, 0.15) is 0 Å². The Kier molecular flexibility index (Phi) is 2.90. The van der Waals surface area contributed by atoms with E-state index in [0.717, 1.165) is 11.8 Å². The van der Waals surface area contributed by atoms with Crippen molar-refractivity contribution in [1.82, 2.24) is 0 Å². The zero-order chi connectivity index (χ0) is 14.7. The first kappa shape index (κ1) is 13.6. The van der Waals surface area contributed by atoms with Crippen molar-refractivity contribution in [2.24, 2.45) is 22.7 Å². The lowest BCUT2D eigenvalue weighted by Crippen LogP contribution is -2.42. The van der Waals surface area contributed by atoms with Crippen LogP contribution in [0, 0.1) is 22.7 Å². The van der Waals surface area contributed by atoms with Gasteiger partial charge >= 0.3 is 0 Å². The van der Waals surface area contributed by atoms with Crippen LogP contribution in [-0.2, 0) is 0 Å². The fourth-order valence-corrected chi connectivity index (χ4v) is 5.90. The summed E-state index contributed by atoms with van der Waals surface area (Å²) < 4.78 is 0. The molecule has 0 amide bonds. The molecular formula is C21H28. The lowest BCUT2D eigenvalue weighted by atomic mass is 9.52. The van der Waals surface area contributed by atoms with E-state index in [1.807, 2.05) is 0 Å². The molecule has 1 fully saturated rings. The number of rotatable bonds is 1. The van der Waals surface area contributed by atoms with Gasteiger partial charge in [0, 0.05) is 5.41 Å². The molecule has 4 aliphatic carbocycles. The Morgan fingerprint density at radius 2 is 2.05 bits per heavy atom. The standard InChI is InChI=1S/C21H28/c1-4-15-9-11-18-17-10-8-16-7-5-6-13-20(16,2)19(17)12-14-21(15,18)3/h5-7,9,12,17-18H,4,8,10-11,13-14H2,1-3H3/t17-,18-,20-,21+/m0/s1. The van der Waals surface area contributed by atoms with Crippen molar-refractivity contribution in [3.05, 3.63) is 47.1 Å². The summed E-state index contributed by atoms with van der Waals surface area (Å²) in [4.78, 5) is 0. The Bertz CT molecular complexity index is 585. The maximum atomic E-state index is 2.65. The van der Waals surface area contributed by atoms with E-state index in [-0.39, 0.29) is 0 Å². The second-order valence-corrected chi connectivity index (χ2v) is 8.01. The van der Waals surface area contributed by atoms with Crippen LogP contribution in [0.25, 0.3) is 0 Å². The highest BCUT2D eigenvalue weighted by atomic mass is 14.6. The fraction of sp³-hybridized carbons (Fsp3) is 0.619. The Balaban J connectivity index is 1.75. The van der Waals surface area contributed by atoms with Crippen molar-refractivity contribution >= 4 is 0 Å². The summed E-state index contributed by atoms with van der Waals surface area (Å²) in [6.07, 6.45) is 20.1. The van der Waals surface area contributed by atoms with Gasteiger partial charge in [-0.3, -0.25) is 0 Å². The Labute approximate surface area is 129 Å². The highest BCUT2D eigenvalue weighted by Crippen LogP contribution is 2.63. The summed E-state index contributed by atoms with van der Waals surface area (Å²) >= 11 is 0. The highest BCUT2D eigenvalue weighted by molar-refractivity contribution is 5.43. The predicted molar refractivity (Wildman–Crippen MR) is 90.0 cm³/mol. The van der Waals surface area contributed by atoms with Gasteiger partial charge in [0.2, 0.25) is 0 Å². The monoisotopic (exact) mass is 280 g/mol. The molecule has 0 heteroatoms. The van der Waals surface area contributed by atoms with Crippen LogP contribution < -0.4 is 0 Å². The van der Waals surface area contributed by atoms with Gasteiger partial charge in [-0.2, -0.15) is 0 Å². The van der Waals surface area contributed by atoms with E-state index in [1.54, 1.807) is 16.7 Å². The third-order valence-electron chi connectivity index (χ3n) is 7.21. The second-order valence-electron chi connectivity index (χ2n) is 8.01. The van der Waals surface area contributed by atoms with Crippen molar-refractivity contribution in [1.29, 1.82) is 0 Å². The van der Waals surface area contributed by atoms with E-state index < -0.39 is 0 Å². The molecule has 21 heavy (non-hydrogen) atoms. The van der Waals surface area contributed by atoms with E-state index >= 15 is 0 Å². The molecule has 0 bridgehead atoms. The van der Waals surface area contributed by atoms with Crippen molar-refractivity contribution in [3.8, 4) is 0 Å².